The fourth-order valence-corrected chi connectivity index (χ4v) is 2.77. The summed E-state index contributed by atoms with van der Waals surface area (Å²) in [7, 11) is 0. The van der Waals surface area contributed by atoms with Gasteiger partial charge in [0, 0.05) is 0 Å². The second kappa shape index (κ2) is 6.03. The molecule has 1 aromatic heterocycles. The highest BCUT2D eigenvalue weighted by molar-refractivity contribution is 9.10. The number of rotatable bonds is 4. The lowest BCUT2D eigenvalue weighted by molar-refractivity contribution is 0.0995. The van der Waals surface area contributed by atoms with Crippen molar-refractivity contribution in [2.75, 3.05) is 6.54 Å². The molecular formula is C13H20BrNO2. The number of halogens is 1. The average Bonchev–Trinajstić information content (AvgIpc) is 2.73. The van der Waals surface area contributed by atoms with E-state index in [0.717, 1.165) is 36.2 Å². The molecule has 3 atom stereocenters. The van der Waals surface area contributed by atoms with Crippen molar-refractivity contribution in [2.24, 2.45) is 5.92 Å². The van der Waals surface area contributed by atoms with Crippen molar-refractivity contribution < 1.29 is 9.52 Å². The Hall–Kier alpha value is -0.320. The fraction of sp³-hybridized carbons (Fsp3) is 0.692. The first-order chi connectivity index (χ1) is 8.15. The third-order valence-corrected chi connectivity index (χ3v) is 3.91. The summed E-state index contributed by atoms with van der Waals surface area (Å²) < 4.78 is 6.28. The van der Waals surface area contributed by atoms with Crippen molar-refractivity contribution in [1.82, 2.24) is 5.32 Å². The summed E-state index contributed by atoms with van der Waals surface area (Å²) in [6, 6.07) is 4.12. The second-order valence-electron chi connectivity index (χ2n) is 4.96. The summed E-state index contributed by atoms with van der Waals surface area (Å²) in [5.74, 6) is 1.55. The summed E-state index contributed by atoms with van der Waals surface area (Å²) in [6.07, 6.45) is 4.18. The molecule has 0 aliphatic heterocycles. The van der Waals surface area contributed by atoms with Crippen LogP contribution in [0.3, 0.4) is 0 Å². The molecule has 1 heterocycles. The molecule has 4 heteroatoms. The van der Waals surface area contributed by atoms with Gasteiger partial charge in [0.15, 0.2) is 4.67 Å². The van der Waals surface area contributed by atoms with Crippen LogP contribution in [0.1, 0.15) is 44.4 Å². The zero-order valence-corrected chi connectivity index (χ0v) is 11.7. The third-order valence-electron chi connectivity index (χ3n) is 3.49. The van der Waals surface area contributed by atoms with E-state index in [2.05, 4.69) is 28.2 Å². The topological polar surface area (TPSA) is 45.4 Å². The minimum absolute atomic E-state index is 0.0939. The van der Waals surface area contributed by atoms with Crippen molar-refractivity contribution in [3.63, 3.8) is 0 Å². The van der Waals surface area contributed by atoms with Gasteiger partial charge in [-0.15, -0.1) is 0 Å². The van der Waals surface area contributed by atoms with Crippen LogP contribution >= 0.6 is 15.9 Å². The van der Waals surface area contributed by atoms with Gasteiger partial charge in [0.1, 0.15) is 5.76 Å². The Kier molecular flexibility index (Phi) is 4.65. The summed E-state index contributed by atoms with van der Waals surface area (Å²) in [5.41, 5.74) is 0. The van der Waals surface area contributed by atoms with Crippen LogP contribution in [0, 0.1) is 5.92 Å². The molecular weight excluding hydrogens is 282 g/mol. The van der Waals surface area contributed by atoms with Crippen LogP contribution in [0.25, 0.3) is 0 Å². The van der Waals surface area contributed by atoms with Crippen LogP contribution < -0.4 is 5.32 Å². The Morgan fingerprint density at radius 2 is 2.35 bits per heavy atom. The fourth-order valence-electron chi connectivity index (χ4n) is 2.45. The van der Waals surface area contributed by atoms with Gasteiger partial charge < -0.3 is 14.8 Å². The highest BCUT2D eigenvalue weighted by Gasteiger charge is 2.20. The first-order valence-corrected chi connectivity index (χ1v) is 7.11. The van der Waals surface area contributed by atoms with Gasteiger partial charge in [-0.25, -0.2) is 0 Å². The smallest absolute Gasteiger partial charge is 0.169 e. The molecule has 0 saturated heterocycles. The van der Waals surface area contributed by atoms with Crippen LogP contribution in [0.5, 0.6) is 0 Å². The van der Waals surface area contributed by atoms with Gasteiger partial charge in [0.05, 0.1) is 12.1 Å². The van der Waals surface area contributed by atoms with Gasteiger partial charge in [-0.2, -0.15) is 0 Å². The number of aliphatic hydroxyl groups is 1. The highest BCUT2D eigenvalue weighted by Crippen LogP contribution is 2.25. The number of nitrogens with one attached hydrogen (secondary N) is 1. The predicted molar refractivity (Wildman–Crippen MR) is 70.8 cm³/mol. The van der Waals surface area contributed by atoms with E-state index >= 15 is 0 Å². The van der Waals surface area contributed by atoms with E-state index in [4.69, 9.17) is 4.42 Å². The van der Waals surface area contributed by atoms with Crippen molar-refractivity contribution >= 4 is 15.9 Å². The molecule has 3 nitrogen and oxygen atoms in total. The zero-order chi connectivity index (χ0) is 12.3. The minimum atomic E-state index is -0.0939. The van der Waals surface area contributed by atoms with E-state index in [1.54, 1.807) is 0 Å². The Labute approximate surface area is 111 Å². The van der Waals surface area contributed by atoms with Gasteiger partial charge in [-0.3, -0.25) is 0 Å². The first-order valence-electron chi connectivity index (χ1n) is 6.32. The van der Waals surface area contributed by atoms with Gasteiger partial charge in [-0.05, 0) is 66.7 Å². The number of aliphatic hydroxyl groups excluding tert-OH is 1. The van der Waals surface area contributed by atoms with E-state index in [-0.39, 0.29) is 12.1 Å². The van der Waals surface area contributed by atoms with Gasteiger partial charge in [0.25, 0.3) is 0 Å². The molecule has 0 bridgehead atoms. The Bertz CT molecular complexity index is 353. The molecule has 1 aliphatic carbocycles. The number of hydrogen-bond acceptors (Lipinski definition) is 3. The van der Waals surface area contributed by atoms with Gasteiger partial charge >= 0.3 is 0 Å². The Morgan fingerprint density at radius 3 is 3.00 bits per heavy atom. The maximum atomic E-state index is 9.61. The lowest BCUT2D eigenvalue weighted by Gasteiger charge is -2.27. The second-order valence-corrected chi connectivity index (χ2v) is 5.74. The molecule has 17 heavy (non-hydrogen) atoms. The van der Waals surface area contributed by atoms with E-state index < -0.39 is 0 Å². The first kappa shape index (κ1) is 13.1. The van der Waals surface area contributed by atoms with Crippen molar-refractivity contribution in [1.29, 1.82) is 0 Å². The largest absolute Gasteiger partial charge is 0.453 e. The zero-order valence-electron chi connectivity index (χ0n) is 10.2. The monoisotopic (exact) mass is 301 g/mol. The lowest BCUT2D eigenvalue weighted by atomic mass is 9.87. The molecule has 3 unspecified atom stereocenters. The lowest BCUT2D eigenvalue weighted by Crippen LogP contribution is -2.30. The Morgan fingerprint density at radius 1 is 1.53 bits per heavy atom. The van der Waals surface area contributed by atoms with Crippen molar-refractivity contribution in [3.8, 4) is 0 Å². The van der Waals surface area contributed by atoms with Crippen LogP contribution in [0.15, 0.2) is 21.2 Å². The molecule has 96 valence electrons. The van der Waals surface area contributed by atoms with Crippen LogP contribution in [0.2, 0.25) is 0 Å². The number of furan rings is 1. The average molecular weight is 302 g/mol. The molecule has 1 saturated carbocycles. The molecule has 0 spiro atoms. The van der Waals surface area contributed by atoms with Gasteiger partial charge in [-0.1, -0.05) is 6.42 Å². The van der Waals surface area contributed by atoms with Gasteiger partial charge in [0.2, 0.25) is 0 Å². The Balaban J connectivity index is 1.77. The predicted octanol–water partition coefficient (Wildman–Crippen LogP) is 3.24. The molecule has 2 N–H and O–H groups in total. The summed E-state index contributed by atoms with van der Waals surface area (Å²) in [6.45, 7) is 3.06. The molecule has 1 aromatic rings. The maximum Gasteiger partial charge on any atom is 0.169 e. The maximum absolute atomic E-state index is 9.61. The van der Waals surface area contributed by atoms with E-state index in [9.17, 15) is 5.11 Å². The standard InChI is InChI=1S/C13H20BrNO2/c1-9(12-5-6-13(14)17-12)15-8-10-3-2-4-11(16)7-10/h5-6,9-11,15-16H,2-4,7-8H2,1H3. The van der Waals surface area contributed by atoms with Crippen molar-refractivity contribution in [3.05, 3.63) is 22.6 Å². The molecule has 1 aliphatic rings. The van der Waals surface area contributed by atoms with Crippen molar-refractivity contribution in [2.45, 2.75) is 44.8 Å². The third kappa shape index (κ3) is 3.83. The van der Waals surface area contributed by atoms with Crippen LogP contribution in [-0.4, -0.2) is 17.8 Å². The summed E-state index contributed by atoms with van der Waals surface area (Å²) >= 11 is 3.31. The summed E-state index contributed by atoms with van der Waals surface area (Å²) in [4.78, 5) is 0. The molecule has 2 rings (SSSR count). The quantitative estimate of drug-likeness (QED) is 0.897. The van der Waals surface area contributed by atoms with Crippen LogP contribution in [0.4, 0.5) is 0 Å². The van der Waals surface area contributed by atoms with E-state index in [1.807, 2.05) is 12.1 Å². The molecule has 0 aromatic carbocycles. The SMILES string of the molecule is CC(NCC1CCCC(O)C1)c1ccc(Br)o1. The minimum Gasteiger partial charge on any atom is -0.453 e. The highest BCUT2D eigenvalue weighted by atomic mass is 79.9. The normalized spacial score (nSPS) is 27.0. The van der Waals surface area contributed by atoms with Crippen LogP contribution in [-0.2, 0) is 0 Å². The van der Waals surface area contributed by atoms with E-state index in [0.29, 0.717) is 5.92 Å². The molecule has 1 fully saturated rings. The molecule has 0 radical (unpaired) electrons. The van der Waals surface area contributed by atoms with E-state index in [1.165, 1.54) is 6.42 Å². The number of hydrogen-bond donors (Lipinski definition) is 2. The molecule has 0 amide bonds. The summed E-state index contributed by atoms with van der Waals surface area (Å²) in [5, 5.41) is 13.1.